The molecule has 0 radical (unpaired) electrons. The molecule has 0 spiro atoms. The molecule has 1 aliphatic heterocycles. The van der Waals surface area contributed by atoms with Crippen LogP contribution in [0.2, 0.25) is 5.02 Å². The van der Waals surface area contributed by atoms with Gasteiger partial charge in [0, 0.05) is 27.6 Å². The molecular formula is C24H20ClFN2O2S. The lowest BCUT2D eigenvalue weighted by molar-refractivity contribution is -0.116. The summed E-state index contributed by atoms with van der Waals surface area (Å²) in [7, 11) is 0. The molecule has 0 aromatic heterocycles. The summed E-state index contributed by atoms with van der Waals surface area (Å²) < 4.78 is 14.3. The highest BCUT2D eigenvalue weighted by Gasteiger charge is 2.27. The summed E-state index contributed by atoms with van der Waals surface area (Å²) in [5.41, 5.74) is 3.41. The molecule has 0 atom stereocenters. The fraction of sp³-hybridized carbons (Fsp3) is 0.167. The van der Waals surface area contributed by atoms with Gasteiger partial charge < -0.3 is 10.2 Å². The van der Waals surface area contributed by atoms with Crippen molar-refractivity contribution in [2.75, 3.05) is 10.7 Å². The maximum Gasteiger partial charge on any atom is 0.251 e. The molecule has 1 N–H and O–H groups in total. The van der Waals surface area contributed by atoms with Crippen molar-refractivity contribution in [2.45, 2.75) is 24.9 Å². The minimum Gasteiger partial charge on any atom is -0.348 e. The Bertz CT molecular complexity index is 1150. The van der Waals surface area contributed by atoms with E-state index < -0.39 is 5.82 Å². The standard InChI is InChI=1S/C24H20ClFN2O2S/c1-15-4-2-5-16(10-15)12-27-24(30)17-8-9-22-21(11-17)28(23(29)14-31-22)13-18-19(25)6-3-7-20(18)26/h2-11H,12-14H2,1H3,(H,27,30). The minimum absolute atomic E-state index is 0.00621. The van der Waals surface area contributed by atoms with E-state index in [-0.39, 0.29) is 34.7 Å². The number of carbonyl (C=O) groups excluding carboxylic acids is 2. The normalized spacial score (nSPS) is 13.1. The van der Waals surface area contributed by atoms with Gasteiger partial charge in [0.2, 0.25) is 5.91 Å². The Morgan fingerprint density at radius 1 is 1.16 bits per heavy atom. The molecule has 1 aliphatic rings. The molecule has 31 heavy (non-hydrogen) atoms. The summed E-state index contributed by atoms with van der Waals surface area (Å²) in [6.07, 6.45) is 0. The lowest BCUT2D eigenvalue weighted by Crippen LogP contribution is -2.35. The summed E-state index contributed by atoms with van der Waals surface area (Å²) in [6.45, 7) is 2.41. The Morgan fingerprint density at radius 2 is 1.97 bits per heavy atom. The van der Waals surface area contributed by atoms with Crippen molar-refractivity contribution in [1.82, 2.24) is 5.32 Å². The van der Waals surface area contributed by atoms with E-state index in [1.165, 1.54) is 28.8 Å². The number of aryl methyl sites for hydroxylation is 1. The largest absolute Gasteiger partial charge is 0.348 e. The number of anilines is 1. The fourth-order valence-corrected chi connectivity index (χ4v) is 4.60. The molecule has 4 rings (SSSR count). The number of fused-ring (bicyclic) bond motifs is 1. The van der Waals surface area contributed by atoms with Crippen LogP contribution in [-0.2, 0) is 17.9 Å². The van der Waals surface area contributed by atoms with Gasteiger partial charge in [0.25, 0.3) is 5.91 Å². The van der Waals surface area contributed by atoms with Crippen molar-refractivity contribution < 1.29 is 14.0 Å². The second-order valence-electron chi connectivity index (χ2n) is 7.32. The number of carbonyl (C=O) groups is 2. The SMILES string of the molecule is Cc1cccc(CNC(=O)c2ccc3c(c2)N(Cc2c(F)cccc2Cl)C(=O)CS3)c1. The third-order valence-electron chi connectivity index (χ3n) is 5.08. The van der Waals surface area contributed by atoms with E-state index in [1.54, 1.807) is 18.2 Å². The van der Waals surface area contributed by atoms with Crippen LogP contribution in [-0.4, -0.2) is 17.6 Å². The molecule has 3 aromatic carbocycles. The third kappa shape index (κ3) is 4.75. The minimum atomic E-state index is -0.466. The van der Waals surface area contributed by atoms with E-state index in [1.807, 2.05) is 37.3 Å². The molecule has 1 heterocycles. The summed E-state index contributed by atoms with van der Waals surface area (Å²) in [4.78, 5) is 27.7. The zero-order valence-electron chi connectivity index (χ0n) is 16.8. The highest BCUT2D eigenvalue weighted by molar-refractivity contribution is 8.00. The number of hydrogen-bond donors (Lipinski definition) is 1. The predicted octanol–water partition coefficient (Wildman–Crippen LogP) is 5.36. The fourth-order valence-electron chi connectivity index (χ4n) is 3.46. The number of benzene rings is 3. The van der Waals surface area contributed by atoms with Gasteiger partial charge in [0.1, 0.15) is 5.82 Å². The summed E-state index contributed by atoms with van der Waals surface area (Å²) in [5.74, 6) is -0.615. The van der Waals surface area contributed by atoms with Gasteiger partial charge in [-0.2, -0.15) is 0 Å². The summed E-state index contributed by atoms with van der Waals surface area (Å²) >= 11 is 7.57. The van der Waals surface area contributed by atoms with Gasteiger partial charge in [-0.1, -0.05) is 47.5 Å². The molecular weight excluding hydrogens is 435 g/mol. The van der Waals surface area contributed by atoms with E-state index in [0.29, 0.717) is 17.8 Å². The van der Waals surface area contributed by atoms with Crippen LogP contribution in [0, 0.1) is 12.7 Å². The Hall–Kier alpha value is -2.83. The Balaban J connectivity index is 1.58. The van der Waals surface area contributed by atoms with Gasteiger partial charge in [0.15, 0.2) is 0 Å². The van der Waals surface area contributed by atoms with Crippen molar-refractivity contribution >= 4 is 40.9 Å². The second-order valence-corrected chi connectivity index (χ2v) is 8.75. The highest BCUT2D eigenvalue weighted by Crippen LogP contribution is 2.37. The van der Waals surface area contributed by atoms with Crippen molar-refractivity contribution in [2.24, 2.45) is 0 Å². The van der Waals surface area contributed by atoms with Crippen molar-refractivity contribution in [3.8, 4) is 0 Å². The highest BCUT2D eigenvalue weighted by atomic mass is 35.5. The van der Waals surface area contributed by atoms with E-state index in [9.17, 15) is 14.0 Å². The van der Waals surface area contributed by atoms with Crippen LogP contribution in [0.25, 0.3) is 0 Å². The van der Waals surface area contributed by atoms with Gasteiger partial charge >= 0.3 is 0 Å². The van der Waals surface area contributed by atoms with Crippen LogP contribution in [0.3, 0.4) is 0 Å². The van der Waals surface area contributed by atoms with Crippen molar-refractivity contribution in [1.29, 1.82) is 0 Å². The Labute approximate surface area is 189 Å². The third-order valence-corrected chi connectivity index (χ3v) is 6.48. The first kappa shape index (κ1) is 21.4. The smallest absolute Gasteiger partial charge is 0.251 e. The first-order valence-electron chi connectivity index (χ1n) is 9.76. The van der Waals surface area contributed by atoms with Crippen LogP contribution in [0.1, 0.15) is 27.0 Å². The number of rotatable bonds is 5. The van der Waals surface area contributed by atoms with Crippen LogP contribution >= 0.6 is 23.4 Å². The molecule has 3 aromatic rings. The topological polar surface area (TPSA) is 49.4 Å². The molecule has 0 bridgehead atoms. The lowest BCUT2D eigenvalue weighted by atomic mass is 10.1. The molecule has 4 nitrogen and oxygen atoms in total. The summed E-state index contributed by atoms with van der Waals surface area (Å²) in [5, 5.41) is 3.18. The van der Waals surface area contributed by atoms with E-state index in [2.05, 4.69) is 5.32 Å². The Morgan fingerprint density at radius 3 is 2.74 bits per heavy atom. The van der Waals surface area contributed by atoms with Gasteiger partial charge in [-0.05, 0) is 42.8 Å². The van der Waals surface area contributed by atoms with Crippen molar-refractivity contribution in [3.05, 3.63) is 93.8 Å². The molecule has 0 unspecified atom stereocenters. The van der Waals surface area contributed by atoms with Crippen LogP contribution in [0.4, 0.5) is 10.1 Å². The zero-order valence-corrected chi connectivity index (χ0v) is 18.4. The molecule has 0 fully saturated rings. The van der Waals surface area contributed by atoms with E-state index >= 15 is 0 Å². The number of amides is 2. The second kappa shape index (κ2) is 9.12. The number of halogens is 2. The lowest BCUT2D eigenvalue weighted by Gasteiger charge is -2.30. The summed E-state index contributed by atoms with van der Waals surface area (Å²) in [6, 6.07) is 17.6. The van der Waals surface area contributed by atoms with Crippen LogP contribution < -0.4 is 10.2 Å². The number of nitrogens with one attached hydrogen (secondary N) is 1. The molecule has 158 valence electrons. The monoisotopic (exact) mass is 454 g/mol. The maximum atomic E-state index is 14.3. The average molecular weight is 455 g/mol. The Kier molecular flexibility index (Phi) is 6.30. The molecule has 0 saturated carbocycles. The van der Waals surface area contributed by atoms with Crippen molar-refractivity contribution in [3.63, 3.8) is 0 Å². The van der Waals surface area contributed by atoms with Gasteiger partial charge in [-0.25, -0.2) is 4.39 Å². The number of nitrogens with zero attached hydrogens (tertiary/aromatic N) is 1. The average Bonchev–Trinajstić information content (AvgIpc) is 2.75. The quantitative estimate of drug-likeness (QED) is 0.564. The van der Waals surface area contributed by atoms with Gasteiger partial charge in [0.05, 0.1) is 18.0 Å². The van der Waals surface area contributed by atoms with E-state index in [4.69, 9.17) is 11.6 Å². The van der Waals surface area contributed by atoms with Gasteiger partial charge in [-0.3, -0.25) is 9.59 Å². The van der Waals surface area contributed by atoms with Crippen LogP contribution in [0.15, 0.2) is 65.6 Å². The molecule has 0 saturated heterocycles. The first-order chi connectivity index (χ1) is 14.9. The maximum absolute atomic E-state index is 14.3. The van der Waals surface area contributed by atoms with Crippen LogP contribution in [0.5, 0.6) is 0 Å². The number of thioether (sulfide) groups is 1. The van der Waals surface area contributed by atoms with E-state index in [0.717, 1.165) is 16.0 Å². The molecule has 7 heteroatoms. The molecule has 2 amide bonds. The molecule has 0 aliphatic carbocycles. The predicted molar refractivity (Wildman–Crippen MR) is 122 cm³/mol. The number of hydrogen-bond acceptors (Lipinski definition) is 3. The van der Waals surface area contributed by atoms with Gasteiger partial charge in [-0.15, -0.1) is 11.8 Å². The zero-order chi connectivity index (χ0) is 22.0. The first-order valence-corrected chi connectivity index (χ1v) is 11.1.